The highest BCUT2D eigenvalue weighted by atomic mass is 15.2. The Kier molecular flexibility index (Phi) is 17.0. The molecule has 15 aromatic carbocycles. The monoisotopic (exact) mass is 1550 g/mol. The first-order valence-corrected chi connectivity index (χ1v) is 42.5. The van der Waals surface area contributed by atoms with Gasteiger partial charge in [0, 0.05) is 72.2 Å². The highest BCUT2D eigenvalue weighted by Crippen LogP contribution is 2.57. The molecule has 0 bridgehead atoms. The van der Waals surface area contributed by atoms with Crippen LogP contribution in [-0.2, 0) is 32.5 Å². The molecule has 0 atom stereocenters. The zero-order chi connectivity index (χ0) is 86.2. The van der Waals surface area contributed by atoms with Crippen molar-refractivity contribution in [3.8, 4) is 78.1 Å². The maximum absolute atomic E-state index is 10.7. The van der Waals surface area contributed by atoms with Crippen molar-refractivity contribution in [2.75, 3.05) is 9.80 Å². The first kappa shape index (κ1) is 71.8. The molecule has 0 spiro atoms. The molecule has 0 saturated heterocycles. The molecule has 119 heavy (non-hydrogen) atoms. The molecular formula is C114H107BN4. The summed E-state index contributed by atoms with van der Waals surface area (Å²) in [6, 6.07) is 111. The number of fused-ring (bicyclic) bond motifs is 10. The van der Waals surface area contributed by atoms with Crippen molar-refractivity contribution >= 4 is 101 Å². The van der Waals surface area contributed by atoms with Crippen LogP contribution >= 0.6 is 0 Å². The Morgan fingerprint density at radius 2 is 0.563 bits per heavy atom. The number of hydrogen-bond acceptors (Lipinski definition) is 2. The Bertz CT molecular complexity index is 6620. The van der Waals surface area contributed by atoms with Crippen molar-refractivity contribution in [1.82, 2.24) is 9.13 Å². The number of aromatic nitrogens is 2. The quantitative estimate of drug-likeness (QED) is 0.127. The lowest BCUT2D eigenvalue weighted by molar-refractivity contribution is 0.568. The van der Waals surface area contributed by atoms with E-state index >= 15 is 0 Å². The van der Waals surface area contributed by atoms with Crippen molar-refractivity contribution < 1.29 is 5.48 Å². The van der Waals surface area contributed by atoms with E-state index in [1.807, 2.05) is 0 Å². The summed E-state index contributed by atoms with van der Waals surface area (Å²) in [6.45, 7) is 41.5. The normalized spacial score (nSPS) is 13.7. The van der Waals surface area contributed by atoms with Gasteiger partial charge in [-0.2, -0.15) is 0 Å². The summed E-state index contributed by atoms with van der Waals surface area (Å²) in [5.74, 6) is 0. The van der Waals surface area contributed by atoms with Gasteiger partial charge in [0.05, 0.1) is 44.6 Å². The van der Waals surface area contributed by atoms with Crippen LogP contribution in [0.3, 0.4) is 0 Å². The lowest BCUT2D eigenvalue weighted by atomic mass is 9.33. The Morgan fingerprint density at radius 1 is 0.235 bits per heavy atom. The number of hydrogen-bond donors (Lipinski definition) is 0. The van der Waals surface area contributed by atoms with E-state index in [0.29, 0.717) is 16.3 Å². The predicted molar refractivity (Wildman–Crippen MR) is 514 cm³/mol. The summed E-state index contributed by atoms with van der Waals surface area (Å²) in [6.07, 6.45) is 0. The molecule has 0 saturated carbocycles. The third-order valence-electron chi connectivity index (χ3n) is 25.3. The van der Waals surface area contributed by atoms with E-state index in [2.05, 4.69) is 441 Å². The summed E-state index contributed by atoms with van der Waals surface area (Å²) < 4.78 is 45.2. The van der Waals surface area contributed by atoms with E-state index in [9.17, 15) is 5.48 Å². The molecule has 0 radical (unpaired) electrons. The third-order valence-corrected chi connectivity index (χ3v) is 25.3. The maximum Gasteiger partial charge on any atom is 0.252 e. The lowest BCUT2D eigenvalue weighted by Gasteiger charge is -2.46. The van der Waals surface area contributed by atoms with Crippen LogP contribution in [0.15, 0.2) is 321 Å². The fourth-order valence-electron chi connectivity index (χ4n) is 18.5. The van der Waals surface area contributed by atoms with Crippen molar-refractivity contribution in [2.45, 2.75) is 157 Å². The predicted octanol–water partition coefficient (Wildman–Crippen LogP) is 29.8. The molecule has 5 heteroatoms. The zero-order valence-electron chi connectivity index (χ0n) is 76.2. The fourth-order valence-corrected chi connectivity index (χ4v) is 18.5. The molecule has 0 N–H and O–H groups in total. The fraction of sp³-hybridized carbons (Fsp3) is 0.211. The number of nitrogens with zero attached hydrogens (tertiary/aromatic N) is 4. The molecule has 19 rings (SSSR count). The van der Waals surface area contributed by atoms with E-state index in [-0.39, 0.29) is 56.7 Å². The SMILES string of the molecule is [2H]c1c([2H])c([2H])c2c(c1[2H])c1cc(-n3c4ccccc4c4ccccc43)ccc1n2-c1cc2c3c(c1)N(c1c(-c4ccccc4)cc(C(C)(C)C)cc1-c1ccccc1)c1cc(-c4cc(C(C)(C)C)cc(C(C)(C)C)c4)ccc1B3c1ccc(-c3cc(C(C)(C)C)cc(C(C)(C)C)c3)cc1N2c1c(-c2ccccc2)cc(C(C)(C)C)cc1-c1ccccc1. The van der Waals surface area contributed by atoms with Crippen molar-refractivity contribution in [3.05, 3.63) is 355 Å². The summed E-state index contributed by atoms with van der Waals surface area (Å²) in [5, 5.41) is 3.37. The molecule has 17 aromatic rings. The van der Waals surface area contributed by atoms with E-state index < -0.39 is 6.71 Å². The van der Waals surface area contributed by atoms with Crippen LogP contribution in [0.4, 0.5) is 34.1 Å². The van der Waals surface area contributed by atoms with Gasteiger partial charge < -0.3 is 18.9 Å². The van der Waals surface area contributed by atoms with Crippen LogP contribution in [0.5, 0.6) is 0 Å². The standard InChI is InChI=1S/C114H107BN4/c1-109(2,3)80-57-78(58-81(63-80)110(4,5)6)76-51-54-96-102(61-76)118(107-91(72-37-23-19-24-38-72)65-84(113(13,14)15)66-92(107)73-39-25-20-26-40-73)104-70-87(117-100-50-36-33-47-90(100)95-69-86(53-56-101(95)117)116-98-48-34-31-45-88(98)89-46-32-35-49-99(89)116)71-105-106(104)115(96)97-55-52-77(79-59-82(111(7,8)9)64-83(60-79)112(10,11)12)62-103(97)119(105)108-93(74-41-27-21-28-42-74)67-85(114(16,17)18)68-94(108)75-43-29-22-30-44-75/h19-71H,1-18H3/i33D,36D,47D,50D. The van der Waals surface area contributed by atoms with E-state index in [0.717, 1.165) is 156 Å². The summed E-state index contributed by atoms with van der Waals surface area (Å²) in [4.78, 5) is 5.28. The summed E-state index contributed by atoms with van der Waals surface area (Å²) in [7, 11) is 0. The van der Waals surface area contributed by atoms with Gasteiger partial charge in [-0.3, -0.25) is 0 Å². The molecule has 2 aliphatic rings. The van der Waals surface area contributed by atoms with Crippen LogP contribution in [0.1, 0.15) is 163 Å². The van der Waals surface area contributed by atoms with Gasteiger partial charge in [-0.1, -0.05) is 361 Å². The van der Waals surface area contributed by atoms with Gasteiger partial charge in [0.15, 0.2) is 0 Å². The van der Waals surface area contributed by atoms with E-state index in [4.69, 9.17) is 0 Å². The van der Waals surface area contributed by atoms with Crippen LogP contribution in [0, 0.1) is 0 Å². The Hall–Kier alpha value is -12.4. The van der Waals surface area contributed by atoms with E-state index in [1.165, 1.54) is 33.4 Å². The second-order valence-corrected chi connectivity index (χ2v) is 39.6. The molecule has 0 fully saturated rings. The maximum atomic E-state index is 10.7. The van der Waals surface area contributed by atoms with Gasteiger partial charge >= 0.3 is 0 Å². The Morgan fingerprint density at radius 3 is 0.933 bits per heavy atom. The molecular weight excluding hydrogens is 1440 g/mol. The highest BCUT2D eigenvalue weighted by Gasteiger charge is 2.47. The van der Waals surface area contributed by atoms with E-state index in [1.54, 1.807) is 0 Å². The summed E-state index contributed by atoms with van der Waals surface area (Å²) >= 11 is 0. The highest BCUT2D eigenvalue weighted by molar-refractivity contribution is 7.00. The van der Waals surface area contributed by atoms with Gasteiger partial charge in [0.2, 0.25) is 0 Å². The minimum absolute atomic E-state index is 0.104. The topological polar surface area (TPSA) is 16.3 Å². The first-order valence-electron chi connectivity index (χ1n) is 44.5. The van der Waals surface area contributed by atoms with Crippen LogP contribution in [-0.4, -0.2) is 15.8 Å². The number of rotatable bonds is 10. The minimum Gasteiger partial charge on any atom is -0.310 e. The number of benzene rings is 15. The van der Waals surface area contributed by atoms with Gasteiger partial charge in [-0.05, 0) is 212 Å². The average Bonchev–Trinajstić information content (AvgIpc) is 1.06. The summed E-state index contributed by atoms with van der Waals surface area (Å²) in [5.41, 5.74) is 33.1. The Labute approximate surface area is 710 Å². The molecule has 4 nitrogen and oxygen atoms in total. The van der Waals surface area contributed by atoms with Gasteiger partial charge in [0.1, 0.15) is 0 Å². The Balaban J connectivity index is 1.05. The van der Waals surface area contributed by atoms with Crippen molar-refractivity contribution in [2.24, 2.45) is 0 Å². The molecule has 4 heterocycles. The average molecular weight is 1550 g/mol. The zero-order valence-corrected chi connectivity index (χ0v) is 72.2. The van der Waals surface area contributed by atoms with Crippen LogP contribution in [0.25, 0.3) is 122 Å². The molecule has 0 amide bonds. The molecule has 2 aliphatic heterocycles. The third kappa shape index (κ3) is 13.3. The van der Waals surface area contributed by atoms with Gasteiger partial charge in [0.25, 0.3) is 6.71 Å². The molecule has 2 aromatic heterocycles. The second-order valence-electron chi connectivity index (χ2n) is 39.6. The van der Waals surface area contributed by atoms with Crippen molar-refractivity contribution in [3.63, 3.8) is 0 Å². The van der Waals surface area contributed by atoms with Gasteiger partial charge in [-0.25, -0.2) is 0 Å². The number of anilines is 6. The molecule has 0 aliphatic carbocycles. The first-order chi connectivity index (χ1) is 58.5. The van der Waals surface area contributed by atoms with Crippen LogP contribution in [0.2, 0.25) is 0 Å². The molecule has 0 unspecified atom stereocenters. The molecule has 586 valence electrons. The number of para-hydroxylation sites is 3. The van der Waals surface area contributed by atoms with Crippen molar-refractivity contribution in [1.29, 1.82) is 0 Å². The largest absolute Gasteiger partial charge is 0.310 e. The smallest absolute Gasteiger partial charge is 0.252 e. The van der Waals surface area contributed by atoms with Crippen LogP contribution < -0.4 is 26.2 Å². The lowest BCUT2D eigenvalue weighted by Crippen LogP contribution is -2.61. The second kappa shape index (κ2) is 28.1. The minimum atomic E-state index is -0.422. The van der Waals surface area contributed by atoms with Gasteiger partial charge in [-0.15, -0.1) is 0 Å².